The van der Waals surface area contributed by atoms with E-state index >= 15 is 0 Å². The van der Waals surface area contributed by atoms with Crippen molar-refractivity contribution in [2.75, 3.05) is 9.80 Å². The second-order valence-electron chi connectivity index (χ2n) is 31.0. The maximum atomic E-state index is 2.48. The van der Waals surface area contributed by atoms with Crippen LogP contribution in [0, 0.1) is 0 Å². The van der Waals surface area contributed by atoms with Crippen molar-refractivity contribution in [3.8, 4) is 122 Å². The van der Waals surface area contributed by atoms with Crippen molar-refractivity contribution < 1.29 is 0 Å². The molecule has 22 rings (SSSR count). The molecule has 0 amide bonds. The molecule has 562 valence electrons. The lowest BCUT2D eigenvalue weighted by Gasteiger charge is -2.30. The van der Waals surface area contributed by atoms with E-state index in [0.717, 1.165) is 106 Å². The Hall–Kier alpha value is -15.0. The molecule has 4 heteroatoms. The Morgan fingerprint density at radius 3 is 1.02 bits per heavy atom. The zero-order valence-corrected chi connectivity index (χ0v) is 67.2. The van der Waals surface area contributed by atoms with Gasteiger partial charge in [-0.1, -0.05) is 352 Å². The summed E-state index contributed by atoms with van der Waals surface area (Å²) in [6.45, 7) is 0. The lowest BCUT2D eigenvalue weighted by molar-refractivity contribution is 1.28. The molecule has 0 aliphatic rings. The second kappa shape index (κ2) is 30.9. The quantitative estimate of drug-likeness (QED) is 0.0896. The molecule has 0 aliphatic carbocycles. The van der Waals surface area contributed by atoms with Crippen molar-refractivity contribution in [2.24, 2.45) is 0 Å². The van der Waals surface area contributed by atoms with E-state index < -0.39 is 0 Å². The fourth-order valence-electron chi connectivity index (χ4n) is 18.1. The van der Waals surface area contributed by atoms with Crippen LogP contribution in [0.15, 0.2) is 461 Å². The van der Waals surface area contributed by atoms with Crippen molar-refractivity contribution in [1.29, 1.82) is 0 Å². The molecule has 2 aromatic heterocycles. The SMILES string of the molecule is c1ccc(-c2ccccc2-c2c(-c3ccccc3)cccc2N(c2ccc(-c3cc(-c4ccc5cc(-c6cccc(N(c7ccc(-c8ccc9c(c8)sc8ccccc89)cc7)c7cccc(-c8ccccc8)c7-c7ccccc7-c7ccccc7)c6)ccc5c4)cc4c3sc3ccccc34)cc2)c2cccc(-c3ccc4ccccc4c3)c2)cc1. The van der Waals surface area contributed by atoms with Gasteiger partial charge < -0.3 is 9.80 Å². The van der Waals surface area contributed by atoms with Crippen LogP contribution in [-0.4, -0.2) is 0 Å². The molecule has 20 aromatic carbocycles. The molecule has 0 saturated heterocycles. The van der Waals surface area contributed by atoms with Gasteiger partial charge in [-0.25, -0.2) is 0 Å². The summed E-state index contributed by atoms with van der Waals surface area (Å²) in [4.78, 5) is 4.96. The highest BCUT2D eigenvalue weighted by Gasteiger charge is 2.27. The van der Waals surface area contributed by atoms with Crippen LogP contribution < -0.4 is 9.80 Å². The summed E-state index contributed by atoms with van der Waals surface area (Å²) >= 11 is 3.74. The maximum absolute atomic E-state index is 2.48. The molecule has 0 unspecified atom stereocenters. The van der Waals surface area contributed by atoms with Crippen molar-refractivity contribution >= 4 is 119 Å². The summed E-state index contributed by atoms with van der Waals surface area (Å²) < 4.78 is 5.14. The largest absolute Gasteiger partial charge is 0.310 e. The van der Waals surface area contributed by atoms with Crippen LogP contribution in [0.5, 0.6) is 0 Å². The topological polar surface area (TPSA) is 6.48 Å². The first-order chi connectivity index (χ1) is 59.5. The predicted octanol–water partition coefficient (Wildman–Crippen LogP) is 34.0. The van der Waals surface area contributed by atoms with Crippen LogP contribution in [0.2, 0.25) is 0 Å². The van der Waals surface area contributed by atoms with Gasteiger partial charge in [-0.05, 0) is 236 Å². The molecule has 0 saturated carbocycles. The average Bonchev–Trinajstić information content (AvgIpc) is 1.16. The molecule has 0 atom stereocenters. The highest BCUT2D eigenvalue weighted by Crippen LogP contribution is 2.53. The number of hydrogen-bond donors (Lipinski definition) is 0. The summed E-state index contributed by atoms with van der Waals surface area (Å²) in [5.74, 6) is 0. The second-order valence-corrected chi connectivity index (χ2v) is 33.1. The first-order valence-corrected chi connectivity index (χ1v) is 42.7. The number of nitrogens with zero attached hydrogens (tertiary/aromatic N) is 2. The van der Waals surface area contributed by atoms with Crippen molar-refractivity contribution in [2.45, 2.75) is 0 Å². The number of rotatable bonds is 17. The minimum Gasteiger partial charge on any atom is -0.310 e. The van der Waals surface area contributed by atoms with Gasteiger partial charge in [0.1, 0.15) is 0 Å². The van der Waals surface area contributed by atoms with Crippen LogP contribution in [0.3, 0.4) is 0 Å². The highest BCUT2D eigenvalue weighted by atomic mass is 32.1. The fraction of sp³-hybridized carbons (Fsp3) is 0. The summed E-state index contributed by atoms with van der Waals surface area (Å²) in [7, 11) is 0. The third-order valence-electron chi connectivity index (χ3n) is 23.8. The molecule has 120 heavy (non-hydrogen) atoms. The number of fused-ring (bicyclic) bond motifs is 8. The monoisotopic (exact) mass is 1560 g/mol. The van der Waals surface area contributed by atoms with Gasteiger partial charge in [0, 0.05) is 79.8 Å². The number of hydrogen-bond acceptors (Lipinski definition) is 4. The maximum Gasteiger partial charge on any atom is 0.0546 e. The van der Waals surface area contributed by atoms with Crippen molar-refractivity contribution in [3.05, 3.63) is 461 Å². The van der Waals surface area contributed by atoms with E-state index in [-0.39, 0.29) is 0 Å². The molecule has 0 spiro atoms. The van der Waals surface area contributed by atoms with Crippen LogP contribution in [0.25, 0.3) is 184 Å². The zero-order chi connectivity index (χ0) is 79.4. The van der Waals surface area contributed by atoms with Gasteiger partial charge in [0.15, 0.2) is 0 Å². The van der Waals surface area contributed by atoms with E-state index in [0.29, 0.717) is 0 Å². The van der Waals surface area contributed by atoms with E-state index in [1.54, 1.807) is 0 Å². The Kier molecular flexibility index (Phi) is 18.4. The summed E-state index contributed by atoms with van der Waals surface area (Å²) in [6.07, 6.45) is 0. The van der Waals surface area contributed by atoms with Crippen LogP contribution in [-0.2, 0) is 0 Å². The number of thiophene rings is 2. The molecule has 22 aromatic rings. The Balaban J connectivity index is 0.650. The Morgan fingerprint density at radius 2 is 0.492 bits per heavy atom. The Bertz CT molecular complexity index is 7640. The standard InChI is InChI=1S/C116H76N2S2/c1-5-28-79(29-6-1)98-41-15-17-45-105(98)114-100(81-32-9-3-10-33-81)47-25-49-109(114)117(94-64-59-78(60-65-94)92-63-68-104-102-43-19-21-51-111(102)119-113(104)76-92)96-39-24-38-86(73-96)88-55-56-90-71-91(58-57-89(90)70-88)93-74-107(116-108(75-93)103-44-20-22-52-112(103)120-116)83-61-66-95(67-62-83)118(97-40-23-37-85(72-97)87-54-53-77-27-13-14-36-84(77)69-87)110-50-26-48-101(82-34-11-4-12-35-82)115(110)106-46-18-16-42-99(106)80-30-7-2-8-31-80/h1-76H. The van der Waals surface area contributed by atoms with E-state index in [4.69, 9.17) is 0 Å². The Labute approximate surface area is 706 Å². The third-order valence-corrected chi connectivity index (χ3v) is 26.2. The van der Waals surface area contributed by atoms with Crippen LogP contribution >= 0.6 is 22.7 Å². The number of anilines is 6. The third kappa shape index (κ3) is 13.3. The first kappa shape index (κ1) is 71.5. The molecule has 0 aliphatic heterocycles. The molecule has 0 fully saturated rings. The van der Waals surface area contributed by atoms with Crippen molar-refractivity contribution in [3.63, 3.8) is 0 Å². The van der Waals surface area contributed by atoms with Gasteiger partial charge in [-0.2, -0.15) is 0 Å². The number of benzene rings is 20. The smallest absolute Gasteiger partial charge is 0.0546 e. The summed E-state index contributed by atoms with van der Waals surface area (Å²) in [5, 5.41) is 9.90. The van der Waals surface area contributed by atoms with Crippen molar-refractivity contribution in [1.82, 2.24) is 0 Å². The Morgan fingerprint density at radius 1 is 0.150 bits per heavy atom. The average molecular weight is 1560 g/mol. The minimum atomic E-state index is 1.05. The first-order valence-electron chi connectivity index (χ1n) is 41.1. The summed E-state index contributed by atoms with van der Waals surface area (Å²) in [5.41, 5.74) is 31.9. The lowest BCUT2D eigenvalue weighted by Crippen LogP contribution is -2.12. The molecule has 0 bridgehead atoms. The molecule has 0 N–H and O–H groups in total. The van der Waals surface area contributed by atoms with Crippen LogP contribution in [0.4, 0.5) is 34.1 Å². The predicted molar refractivity (Wildman–Crippen MR) is 516 cm³/mol. The molecule has 0 radical (unpaired) electrons. The van der Waals surface area contributed by atoms with Crippen LogP contribution in [0.1, 0.15) is 0 Å². The molecule has 2 heterocycles. The van der Waals surface area contributed by atoms with Gasteiger partial charge >= 0.3 is 0 Å². The van der Waals surface area contributed by atoms with Gasteiger partial charge in [-0.15, -0.1) is 22.7 Å². The van der Waals surface area contributed by atoms with E-state index in [9.17, 15) is 0 Å². The molecular formula is C116H76N2S2. The highest BCUT2D eigenvalue weighted by molar-refractivity contribution is 7.26. The van der Waals surface area contributed by atoms with Gasteiger partial charge in [0.25, 0.3) is 0 Å². The molecular weight excluding hydrogens is 1490 g/mol. The van der Waals surface area contributed by atoms with Gasteiger partial charge in [-0.3, -0.25) is 0 Å². The summed E-state index contributed by atoms with van der Waals surface area (Å²) in [6, 6.07) is 171. The van der Waals surface area contributed by atoms with E-state index in [2.05, 4.69) is 471 Å². The molecule has 2 nitrogen and oxygen atoms in total. The zero-order valence-electron chi connectivity index (χ0n) is 65.6. The fourth-order valence-corrected chi connectivity index (χ4v) is 20.4. The van der Waals surface area contributed by atoms with Gasteiger partial charge in [0.2, 0.25) is 0 Å². The van der Waals surface area contributed by atoms with E-state index in [1.807, 2.05) is 22.7 Å². The normalized spacial score (nSPS) is 11.5. The van der Waals surface area contributed by atoms with E-state index in [1.165, 1.54) is 112 Å². The lowest BCUT2D eigenvalue weighted by atomic mass is 9.87. The van der Waals surface area contributed by atoms with Gasteiger partial charge in [0.05, 0.1) is 11.4 Å². The minimum absolute atomic E-state index is 1.05.